The van der Waals surface area contributed by atoms with E-state index in [-0.39, 0.29) is 6.04 Å². The number of nitrogens with one attached hydrogen (secondary N) is 1. The van der Waals surface area contributed by atoms with Crippen LogP contribution in [0.15, 0.2) is 29.8 Å². The minimum absolute atomic E-state index is 0.00574. The van der Waals surface area contributed by atoms with Crippen molar-refractivity contribution in [3.8, 4) is 0 Å². The number of hydrogen-bond donors (Lipinski definition) is 1. The number of halogens is 2. The Balaban J connectivity index is 2.42. The lowest BCUT2D eigenvalue weighted by atomic mass is 10.1. The van der Waals surface area contributed by atoms with Crippen molar-refractivity contribution in [2.24, 2.45) is 0 Å². The summed E-state index contributed by atoms with van der Waals surface area (Å²) >= 11 is 13.8. The first-order valence-electron chi connectivity index (χ1n) is 5.30. The molecule has 0 aliphatic heterocycles. The molecule has 0 amide bonds. The maximum atomic E-state index is 6.22. The zero-order valence-electron chi connectivity index (χ0n) is 9.28. The second-order valence-electron chi connectivity index (χ2n) is 3.53. The zero-order chi connectivity index (χ0) is 12.3. The SMILES string of the molecule is CCNC(c1nccs1)c1cc(Cl)ccc1Cl. The minimum atomic E-state index is 0.00574. The molecule has 0 aliphatic rings. The molecule has 2 nitrogen and oxygen atoms in total. The molecule has 0 fully saturated rings. The van der Waals surface area contributed by atoms with E-state index in [9.17, 15) is 0 Å². The molecule has 5 heteroatoms. The van der Waals surface area contributed by atoms with E-state index in [1.165, 1.54) is 0 Å². The first-order valence-corrected chi connectivity index (χ1v) is 6.93. The fourth-order valence-corrected chi connectivity index (χ4v) is 2.78. The van der Waals surface area contributed by atoms with Crippen molar-refractivity contribution >= 4 is 34.5 Å². The highest BCUT2D eigenvalue weighted by Crippen LogP contribution is 2.31. The Labute approximate surface area is 115 Å². The van der Waals surface area contributed by atoms with Gasteiger partial charge in [-0.25, -0.2) is 4.98 Å². The number of hydrogen-bond acceptors (Lipinski definition) is 3. The third kappa shape index (κ3) is 2.99. The monoisotopic (exact) mass is 286 g/mol. The van der Waals surface area contributed by atoms with Gasteiger partial charge in [0.15, 0.2) is 0 Å². The molecule has 0 bridgehead atoms. The highest BCUT2D eigenvalue weighted by atomic mass is 35.5. The van der Waals surface area contributed by atoms with Gasteiger partial charge >= 0.3 is 0 Å². The minimum Gasteiger partial charge on any atom is -0.304 e. The van der Waals surface area contributed by atoms with Gasteiger partial charge in [-0.1, -0.05) is 30.1 Å². The van der Waals surface area contributed by atoms with Crippen LogP contribution in [0.25, 0.3) is 0 Å². The van der Waals surface area contributed by atoms with Crippen LogP contribution in [0, 0.1) is 0 Å². The van der Waals surface area contributed by atoms with Crippen LogP contribution in [0.5, 0.6) is 0 Å². The summed E-state index contributed by atoms with van der Waals surface area (Å²) in [6.45, 7) is 2.89. The lowest BCUT2D eigenvalue weighted by molar-refractivity contribution is 0.627. The Morgan fingerprint density at radius 3 is 2.88 bits per heavy atom. The van der Waals surface area contributed by atoms with Gasteiger partial charge in [0.2, 0.25) is 0 Å². The molecule has 1 N–H and O–H groups in total. The summed E-state index contributed by atoms with van der Waals surface area (Å²) in [4.78, 5) is 4.34. The standard InChI is InChI=1S/C12H12Cl2N2S/c1-2-15-11(12-16-5-6-17-12)9-7-8(13)3-4-10(9)14/h3-7,11,15H,2H2,1H3. The third-order valence-electron chi connectivity index (χ3n) is 2.38. The Morgan fingerprint density at radius 1 is 1.41 bits per heavy atom. The lowest BCUT2D eigenvalue weighted by Crippen LogP contribution is -2.22. The summed E-state index contributed by atoms with van der Waals surface area (Å²) in [7, 11) is 0. The largest absolute Gasteiger partial charge is 0.304 e. The average molecular weight is 287 g/mol. The Kier molecular flexibility index (Phi) is 4.40. The van der Waals surface area contributed by atoms with Crippen molar-refractivity contribution in [3.63, 3.8) is 0 Å². The molecule has 2 aromatic rings. The molecule has 1 atom stereocenters. The smallest absolute Gasteiger partial charge is 0.114 e. The Morgan fingerprint density at radius 2 is 2.24 bits per heavy atom. The van der Waals surface area contributed by atoms with Gasteiger partial charge in [0, 0.05) is 21.6 Å². The Hall–Kier alpha value is -0.610. The van der Waals surface area contributed by atoms with E-state index >= 15 is 0 Å². The van der Waals surface area contributed by atoms with E-state index < -0.39 is 0 Å². The van der Waals surface area contributed by atoms with Gasteiger partial charge < -0.3 is 5.32 Å². The van der Waals surface area contributed by atoms with E-state index in [0.717, 1.165) is 17.1 Å². The van der Waals surface area contributed by atoms with E-state index in [0.29, 0.717) is 10.0 Å². The van der Waals surface area contributed by atoms with Gasteiger partial charge in [0.05, 0.1) is 6.04 Å². The normalized spacial score (nSPS) is 12.6. The van der Waals surface area contributed by atoms with Crippen molar-refractivity contribution < 1.29 is 0 Å². The molecule has 17 heavy (non-hydrogen) atoms. The summed E-state index contributed by atoms with van der Waals surface area (Å²) < 4.78 is 0. The maximum Gasteiger partial charge on any atom is 0.114 e. The van der Waals surface area contributed by atoms with Crippen molar-refractivity contribution in [1.29, 1.82) is 0 Å². The van der Waals surface area contributed by atoms with Crippen LogP contribution in [-0.2, 0) is 0 Å². The van der Waals surface area contributed by atoms with Crippen LogP contribution in [0.2, 0.25) is 10.0 Å². The average Bonchev–Trinajstić information content (AvgIpc) is 2.83. The molecule has 0 saturated heterocycles. The predicted molar refractivity (Wildman–Crippen MR) is 74.1 cm³/mol. The number of thiazole rings is 1. The van der Waals surface area contributed by atoms with E-state index in [2.05, 4.69) is 17.2 Å². The molecule has 0 spiro atoms. The Bertz CT molecular complexity index is 485. The first-order chi connectivity index (χ1) is 8.22. The fourth-order valence-electron chi connectivity index (χ4n) is 1.65. The zero-order valence-corrected chi connectivity index (χ0v) is 11.6. The molecule has 1 aromatic carbocycles. The van der Waals surface area contributed by atoms with Crippen LogP contribution in [0.1, 0.15) is 23.5 Å². The van der Waals surface area contributed by atoms with Gasteiger partial charge in [-0.3, -0.25) is 0 Å². The van der Waals surface area contributed by atoms with Crippen molar-refractivity contribution in [2.75, 3.05) is 6.54 Å². The van der Waals surface area contributed by atoms with Gasteiger partial charge in [-0.2, -0.15) is 0 Å². The van der Waals surface area contributed by atoms with Crippen LogP contribution >= 0.6 is 34.5 Å². The highest BCUT2D eigenvalue weighted by molar-refractivity contribution is 7.09. The fraction of sp³-hybridized carbons (Fsp3) is 0.250. The topological polar surface area (TPSA) is 24.9 Å². The summed E-state index contributed by atoms with van der Waals surface area (Å²) in [5, 5.41) is 7.72. The summed E-state index contributed by atoms with van der Waals surface area (Å²) in [6.07, 6.45) is 1.79. The molecule has 90 valence electrons. The van der Waals surface area contributed by atoms with Crippen molar-refractivity contribution in [1.82, 2.24) is 10.3 Å². The molecule has 2 rings (SSSR count). The quantitative estimate of drug-likeness (QED) is 0.913. The number of benzene rings is 1. The van der Waals surface area contributed by atoms with Crippen LogP contribution in [-0.4, -0.2) is 11.5 Å². The molecular formula is C12H12Cl2N2S. The van der Waals surface area contributed by atoms with Crippen molar-refractivity contribution in [3.05, 3.63) is 50.4 Å². The number of rotatable bonds is 4. The predicted octanol–water partition coefficient (Wildman–Crippen LogP) is 4.15. The molecule has 1 unspecified atom stereocenters. The maximum absolute atomic E-state index is 6.22. The molecule has 0 aliphatic carbocycles. The van der Waals surface area contributed by atoms with E-state index in [1.807, 2.05) is 17.5 Å². The van der Waals surface area contributed by atoms with Gasteiger partial charge in [-0.15, -0.1) is 11.3 Å². The lowest BCUT2D eigenvalue weighted by Gasteiger charge is -2.17. The highest BCUT2D eigenvalue weighted by Gasteiger charge is 2.18. The van der Waals surface area contributed by atoms with Crippen molar-refractivity contribution in [2.45, 2.75) is 13.0 Å². The molecular weight excluding hydrogens is 275 g/mol. The molecule has 1 heterocycles. The van der Waals surface area contributed by atoms with Crippen LogP contribution in [0.3, 0.4) is 0 Å². The van der Waals surface area contributed by atoms with Gasteiger partial charge in [0.1, 0.15) is 5.01 Å². The number of aromatic nitrogens is 1. The summed E-state index contributed by atoms with van der Waals surface area (Å²) in [6, 6.07) is 5.50. The molecule has 1 aromatic heterocycles. The van der Waals surface area contributed by atoms with Gasteiger partial charge in [0.25, 0.3) is 0 Å². The number of nitrogens with zero attached hydrogens (tertiary/aromatic N) is 1. The van der Waals surface area contributed by atoms with E-state index in [1.54, 1.807) is 23.6 Å². The third-order valence-corrected chi connectivity index (χ3v) is 3.80. The molecule has 0 radical (unpaired) electrons. The first kappa shape index (κ1) is 12.8. The second-order valence-corrected chi connectivity index (χ2v) is 5.30. The molecule has 0 saturated carbocycles. The van der Waals surface area contributed by atoms with Crippen LogP contribution in [0.4, 0.5) is 0 Å². The summed E-state index contributed by atoms with van der Waals surface area (Å²) in [5.74, 6) is 0. The summed E-state index contributed by atoms with van der Waals surface area (Å²) in [5.41, 5.74) is 0.968. The van der Waals surface area contributed by atoms with Crippen LogP contribution < -0.4 is 5.32 Å². The van der Waals surface area contributed by atoms with E-state index in [4.69, 9.17) is 23.2 Å². The van der Waals surface area contributed by atoms with Gasteiger partial charge in [-0.05, 0) is 30.3 Å². The second kappa shape index (κ2) is 5.83.